The zero-order valence-corrected chi connectivity index (χ0v) is 6.46. The lowest BCUT2D eigenvalue weighted by atomic mass is 10.3. The zero-order valence-electron chi connectivity index (χ0n) is 6.46. The van der Waals surface area contributed by atoms with Crippen molar-refractivity contribution in [3.05, 3.63) is 24.4 Å². The molecule has 2 aliphatic rings. The van der Waals surface area contributed by atoms with Gasteiger partial charge in [0.05, 0.1) is 12.8 Å². The standard InChI is InChI=1S/C8H13N3/c1-2-4-10-8(3-1)11-6-5-9-7-11/h1-4,8-10H,5-7H2. The molecule has 1 saturated heterocycles. The number of hydrogen-bond donors (Lipinski definition) is 2. The van der Waals surface area contributed by atoms with Crippen LogP contribution in [-0.2, 0) is 0 Å². The smallest absolute Gasteiger partial charge is 0.0995 e. The summed E-state index contributed by atoms with van der Waals surface area (Å²) in [5.41, 5.74) is 0. The third-order valence-corrected chi connectivity index (χ3v) is 2.05. The molecule has 0 saturated carbocycles. The molecule has 2 aliphatic heterocycles. The van der Waals surface area contributed by atoms with Crippen molar-refractivity contribution in [3.63, 3.8) is 0 Å². The van der Waals surface area contributed by atoms with Crippen LogP contribution in [-0.4, -0.2) is 30.8 Å². The molecule has 2 N–H and O–H groups in total. The summed E-state index contributed by atoms with van der Waals surface area (Å²) in [6.45, 7) is 3.24. The maximum atomic E-state index is 3.30. The first-order chi connectivity index (χ1) is 5.47. The van der Waals surface area contributed by atoms with E-state index in [2.05, 4.69) is 27.7 Å². The van der Waals surface area contributed by atoms with E-state index in [1.54, 1.807) is 0 Å². The first-order valence-electron chi connectivity index (χ1n) is 4.01. The monoisotopic (exact) mass is 151 g/mol. The van der Waals surface area contributed by atoms with Gasteiger partial charge in [-0.3, -0.25) is 4.90 Å². The van der Waals surface area contributed by atoms with E-state index in [0.29, 0.717) is 6.17 Å². The molecule has 0 aromatic heterocycles. The normalized spacial score (nSPS) is 30.7. The van der Waals surface area contributed by atoms with Crippen molar-refractivity contribution >= 4 is 0 Å². The lowest BCUT2D eigenvalue weighted by Crippen LogP contribution is -2.42. The SMILES string of the molecule is C1=CNC(N2CCNC2)C=C1. The summed E-state index contributed by atoms with van der Waals surface area (Å²) in [5, 5.41) is 6.58. The van der Waals surface area contributed by atoms with Gasteiger partial charge in [-0.1, -0.05) is 6.08 Å². The van der Waals surface area contributed by atoms with Crippen LogP contribution in [0.2, 0.25) is 0 Å². The first-order valence-corrected chi connectivity index (χ1v) is 4.01. The van der Waals surface area contributed by atoms with Gasteiger partial charge in [0, 0.05) is 13.1 Å². The van der Waals surface area contributed by atoms with Gasteiger partial charge in [-0.05, 0) is 18.4 Å². The maximum absolute atomic E-state index is 3.30. The molecule has 1 unspecified atom stereocenters. The molecule has 3 nitrogen and oxygen atoms in total. The van der Waals surface area contributed by atoms with Crippen molar-refractivity contribution in [2.45, 2.75) is 6.17 Å². The molecule has 0 aromatic carbocycles. The van der Waals surface area contributed by atoms with Gasteiger partial charge >= 0.3 is 0 Å². The second-order valence-corrected chi connectivity index (χ2v) is 2.83. The Morgan fingerprint density at radius 1 is 1.36 bits per heavy atom. The lowest BCUT2D eigenvalue weighted by molar-refractivity contribution is 0.259. The molecule has 3 heteroatoms. The summed E-state index contributed by atoms with van der Waals surface area (Å²) in [4.78, 5) is 2.36. The molecule has 2 heterocycles. The average Bonchev–Trinajstić information content (AvgIpc) is 2.58. The van der Waals surface area contributed by atoms with E-state index >= 15 is 0 Å². The minimum atomic E-state index is 0.398. The van der Waals surface area contributed by atoms with Crippen molar-refractivity contribution in [3.8, 4) is 0 Å². The second kappa shape index (κ2) is 3.07. The van der Waals surface area contributed by atoms with E-state index in [1.807, 2.05) is 12.3 Å². The Morgan fingerprint density at radius 3 is 3.00 bits per heavy atom. The Hall–Kier alpha value is -0.800. The summed E-state index contributed by atoms with van der Waals surface area (Å²) in [6.07, 6.45) is 8.66. The predicted octanol–water partition coefficient (Wildman–Crippen LogP) is -0.152. The van der Waals surface area contributed by atoms with Crippen molar-refractivity contribution < 1.29 is 0 Å². The van der Waals surface area contributed by atoms with Gasteiger partial charge in [0.2, 0.25) is 0 Å². The van der Waals surface area contributed by atoms with Crippen molar-refractivity contribution in [2.75, 3.05) is 19.8 Å². The predicted molar refractivity (Wildman–Crippen MR) is 44.8 cm³/mol. The Labute approximate surface area is 66.8 Å². The van der Waals surface area contributed by atoms with E-state index in [0.717, 1.165) is 19.8 Å². The second-order valence-electron chi connectivity index (χ2n) is 2.83. The van der Waals surface area contributed by atoms with Gasteiger partial charge in [0.25, 0.3) is 0 Å². The van der Waals surface area contributed by atoms with Crippen molar-refractivity contribution in [1.29, 1.82) is 0 Å². The molecule has 0 aliphatic carbocycles. The molecular weight excluding hydrogens is 138 g/mol. The summed E-state index contributed by atoms with van der Waals surface area (Å²) < 4.78 is 0. The fraction of sp³-hybridized carbons (Fsp3) is 0.500. The Morgan fingerprint density at radius 2 is 2.36 bits per heavy atom. The molecule has 11 heavy (non-hydrogen) atoms. The largest absolute Gasteiger partial charge is 0.372 e. The Bertz CT molecular complexity index is 180. The zero-order chi connectivity index (χ0) is 7.52. The van der Waals surface area contributed by atoms with E-state index in [-0.39, 0.29) is 0 Å². The summed E-state index contributed by atoms with van der Waals surface area (Å²) in [6, 6.07) is 0. The Kier molecular flexibility index (Phi) is 1.92. The number of nitrogens with one attached hydrogen (secondary N) is 2. The van der Waals surface area contributed by atoms with Gasteiger partial charge in [-0.15, -0.1) is 0 Å². The van der Waals surface area contributed by atoms with Gasteiger partial charge in [-0.2, -0.15) is 0 Å². The van der Waals surface area contributed by atoms with Gasteiger partial charge in [0.15, 0.2) is 0 Å². The highest BCUT2D eigenvalue weighted by molar-refractivity contribution is 5.11. The summed E-state index contributed by atoms with van der Waals surface area (Å²) in [7, 11) is 0. The molecule has 0 spiro atoms. The van der Waals surface area contributed by atoms with Crippen LogP contribution < -0.4 is 10.6 Å². The highest BCUT2D eigenvalue weighted by Gasteiger charge is 2.18. The number of nitrogens with zero attached hydrogens (tertiary/aromatic N) is 1. The molecule has 2 rings (SSSR count). The van der Waals surface area contributed by atoms with Gasteiger partial charge < -0.3 is 10.6 Å². The maximum Gasteiger partial charge on any atom is 0.0995 e. The van der Waals surface area contributed by atoms with Crippen LogP contribution in [0.4, 0.5) is 0 Å². The minimum absolute atomic E-state index is 0.398. The van der Waals surface area contributed by atoms with E-state index in [4.69, 9.17) is 0 Å². The lowest BCUT2D eigenvalue weighted by Gasteiger charge is -2.25. The molecule has 1 fully saturated rings. The van der Waals surface area contributed by atoms with Gasteiger partial charge in [-0.25, -0.2) is 0 Å². The average molecular weight is 151 g/mol. The number of dihydropyridines is 1. The van der Waals surface area contributed by atoms with Crippen LogP contribution in [0.1, 0.15) is 0 Å². The molecule has 0 bridgehead atoms. The number of allylic oxidation sites excluding steroid dienone is 2. The number of hydrogen-bond acceptors (Lipinski definition) is 3. The molecule has 60 valence electrons. The van der Waals surface area contributed by atoms with E-state index in [9.17, 15) is 0 Å². The molecule has 0 amide bonds. The van der Waals surface area contributed by atoms with E-state index in [1.165, 1.54) is 0 Å². The third-order valence-electron chi connectivity index (χ3n) is 2.05. The summed E-state index contributed by atoms with van der Waals surface area (Å²) >= 11 is 0. The third kappa shape index (κ3) is 1.44. The molecular formula is C8H13N3. The van der Waals surface area contributed by atoms with Crippen LogP contribution in [0.5, 0.6) is 0 Å². The fourth-order valence-corrected chi connectivity index (χ4v) is 1.42. The fourth-order valence-electron chi connectivity index (χ4n) is 1.42. The quantitative estimate of drug-likeness (QED) is 0.545. The molecule has 0 radical (unpaired) electrons. The Balaban J connectivity index is 1.94. The van der Waals surface area contributed by atoms with Crippen LogP contribution in [0.15, 0.2) is 24.4 Å². The van der Waals surface area contributed by atoms with Crippen LogP contribution >= 0.6 is 0 Å². The highest BCUT2D eigenvalue weighted by atomic mass is 15.4. The minimum Gasteiger partial charge on any atom is -0.372 e. The van der Waals surface area contributed by atoms with Crippen LogP contribution in [0, 0.1) is 0 Å². The van der Waals surface area contributed by atoms with Crippen LogP contribution in [0.3, 0.4) is 0 Å². The molecule has 1 atom stereocenters. The topological polar surface area (TPSA) is 27.3 Å². The van der Waals surface area contributed by atoms with E-state index < -0.39 is 0 Å². The van der Waals surface area contributed by atoms with Crippen molar-refractivity contribution in [2.24, 2.45) is 0 Å². The highest BCUT2D eigenvalue weighted by Crippen LogP contribution is 2.03. The van der Waals surface area contributed by atoms with Gasteiger partial charge in [0.1, 0.15) is 0 Å². The first kappa shape index (κ1) is 6.88. The summed E-state index contributed by atoms with van der Waals surface area (Å²) in [5.74, 6) is 0. The molecule has 0 aromatic rings. The number of rotatable bonds is 1. The van der Waals surface area contributed by atoms with Crippen molar-refractivity contribution in [1.82, 2.24) is 15.5 Å². The van der Waals surface area contributed by atoms with Crippen LogP contribution in [0.25, 0.3) is 0 Å².